The Morgan fingerprint density at radius 2 is 2.50 bits per heavy atom. The van der Waals surface area contributed by atoms with E-state index < -0.39 is 5.97 Å². The highest BCUT2D eigenvalue weighted by molar-refractivity contribution is 5.68. The van der Waals surface area contributed by atoms with Gasteiger partial charge in [-0.15, -0.1) is 0 Å². The van der Waals surface area contributed by atoms with Crippen molar-refractivity contribution in [1.29, 1.82) is 0 Å². The Morgan fingerprint density at radius 1 is 1.72 bits per heavy atom. The number of hydrogen-bond donors (Lipinski definition) is 2. The summed E-state index contributed by atoms with van der Waals surface area (Å²) in [5, 5.41) is 8.87. The van der Waals surface area contributed by atoms with Crippen molar-refractivity contribution in [2.45, 2.75) is 19.4 Å². The summed E-state index contributed by atoms with van der Waals surface area (Å²) in [6.07, 6.45) is -0.0342. The Hall–Kier alpha value is -1.89. The molecule has 18 heavy (non-hydrogen) atoms. The van der Waals surface area contributed by atoms with Gasteiger partial charge < -0.3 is 19.7 Å². The first-order chi connectivity index (χ1) is 8.56. The van der Waals surface area contributed by atoms with E-state index in [0.29, 0.717) is 31.4 Å². The lowest BCUT2D eigenvalue weighted by molar-refractivity contribution is -0.138. The van der Waals surface area contributed by atoms with Gasteiger partial charge in [-0.3, -0.25) is 9.59 Å². The van der Waals surface area contributed by atoms with Gasteiger partial charge in [0, 0.05) is 12.6 Å². The van der Waals surface area contributed by atoms with Gasteiger partial charge in [0.2, 0.25) is 0 Å². The van der Waals surface area contributed by atoms with Crippen molar-refractivity contribution in [2.24, 2.45) is 0 Å². The van der Waals surface area contributed by atoms with E-state index in [1.807, 2.05) is 4.90 Å². The molecule has 7 nitrogen and oxygen atoms in total. The van der Waals surface area contributed by atoms with E-state index in [4.69, 9.17) is 9.84 Å². The minimum atomic E-state index is -0.892. The average molecular weight is 253 g/mol. The number of carboxylic acids is 1. The Kier molecular flexibility index (Phi) is 3.61. The number of aliphatic carboxylic acids is 1. The summed E-state index contributed by atoms with van der Waals surface area (Å²) in [7, 11) is 0. The summed E-state index contributed by atoms with van der Waals surface area (Å²) >= 11 is 0. The standard InChI is InChI=1S/C11H15N3O4/c1-7-12-9(5-10(15)13-7)14-2-3-18-6-8(14)4-11(16)17/h5,8H,2-4,6H2,1H3,(H,16,17)(H,12,13,15). The van der Waals surface area contributed by atoms with E-state index in [9.17, 15) is 9.59 Å². The van der Waals surface area contributed by atoms with Crippen LogP contribution in [0.2, 0.25) is 0 Å². The van der Waals surface area contributed by atoms with E-state index in [1.165, 1.54) is 6.07 Å². The highest BCUT2D eigenvalue weighted by Gasteiger charge is 2.26. The molecule has 0 bridgehead atoms. The Morgan fingerprint density at radius 3 is 3.17 bits per heavy atom. The SMILES string of the molecule is Cc1nc(N2CCOCC2CC(=O)O)cc(=O)[nH]1. The molecule has 2 heterocycles. The van der Waals surface area contributed by atoms with Crippen LogP contribution in [0.1, 0.15) is 12.2 Å². The molecule has 1 saturated heterocycles. The summed E-state index contributed by atoms with van der Waals surface area (Å²) < 4.78 is 5.28. The molecule has 0 spiro atoms. The maximum Gasteiger partial charge on any atom is 0.305 e. The normalized spacial score (nSPS) is 19.8. The molecule has 2 N–H and O–H groups in total. The van der Waals surface area contributed by atoms with Crippen molar-refractivity contribution in [3.05, 3.63) is 22.2 Å². The molecular formula is C11H15N3O4. The lowest BCUT2D eigenvalue weighted by Crippen LogP contribution is -2.47. The van der Waals surface area contributed by atoms with E-state index in [1.54, 1.807) is 6.92 Å². The van der Waals surface area contributed by atoms with Crippen LogP contribution >= 0.6 is 0 Å². The summed E-state index contributed by atoms with van der Waals surface area (Å²) in [5.41, 5.74) is -0.238. The minimum absolute atomic E-state index is 0.0342. The van der Waals surface area contributed by atoms with Crippen LogP contribution in [-0.4, -0.2) is 46.8 Å². The molecule has 7 heteroatoms. The average Bonchev–Trinajstić information content (AvgIpc) is 2.27. The number of aryl methyl sites for hydroxylation is 1. The third-order valence-electron chi connectivity index (χ3n) is 2.78. The number of ether oxygens (including phenoxy) is 1. The first-order valence-electron chi connectivity index (χ1n) is 5.70. The number of hydrogen-bond acceptors (Lipinski definition) is 5. The van der Waals surface area contributed by atoms with Crippen LogP contribution in [0.5, 0.6) is 0 Å². The molecule has 1 atom stereocenters. The van der Waals surface area contributed by atoms with Gasteiger partial charge in [0.05, 0.1) is 25.7 Å². The molecule has 0 saturated carbocycles. The summed E-state index contributed by atoms with van der Waals surface area (Å²) in [4.78, 5) is 30.8. The fraction of sp³-hybridized carbons (Fsp3) is 0.545. The summed E-state index contributed by atoms with van der Waals surface area (Å²) in [6, 6.07) is 1.10. The Bertz CT molecular complexity index is 499. The number of nitrogens with zero attached hydrogens (tertiary/aromatic N) is 2. The summed E-state index contributed by atoms with van der Waals surface area (Å²) in [6.45, 7) is 3.06. The molecule has 0 amide bonds. The number of aromatic nitrogens is 2. The van der Waals surface area contributed by atoms with Crippen LogP contribution in [-0.2, 0) is 9.53 Å². The third kappa shape index (κ3) is 2.86. The number of anilines is 1. The largest absolute Gasteiger partial charge is 0.481 e. The first kappa shape index (κ1) is 12.6. The van der Waals surface area contributed by atoms with E-state index in [2.05, 4.69) is 9.97 Å². The highest BCUT2D eigenvalue weighted by Crippen LogP contribution is 2.17. The second kappa shape index (κ2) is 5.18. The van der Waals surface area contributed by atoms with Crippen LogP contribution in [0, 0.1) is 6.92 Å². The van der Waals surface area contributed by atoms with Gasteiger partial charge in [-0.2, -0.15) is 0 Å². The third-order valence-corrected chi connectivity index (χ3v) is 2.78. The monoisotopic (exact) mass is 253 g/mol. The second-order valence-electron chi connectivity index (χ2n) is 4.21. The second-order valence-corrected chi connectivity index (χ2v) is 4.21. The molecular weight excluding hydrogens is 238 g/mol. The van der Waals surface area contributed by atoms with Gasteiger partial charge in [-0.25, -0.2) is 4.98 Å². The van der Waals surface area contributed by atoms with Gasteiger partial charge in [-0.05, 0) is 6.92 Å². The molecule has 0 aliphatic carbocycles. The number of nitrogens with one attached hydrogen (secondary N) is 1. The smallest absolute Gasteiger partial charge is 0.305 e. The number of carbonyl (C=O) groups is 1. The van der Waals surface area contributed by atoms with Crippen molar-refractivity contribution in [3.63, 3.8) is 0 Å². The van der Waals surface area contributed by atoms with E-state index in [-0.39, 0.29) is 18.0 Å². The number of carboxylic acid groups (broad SMARTS) is 1. The lowest BCUT2D eigenvalue weighted by atomic mass is 10.1. The van der Waals surface area contributed by atoms with Crippen molar-refractivity contribution in [2.75, 3.05) is 24.7 Å². The zero-order chi connectivity index (χ0) is 13.1. The molecule has 1 fully saturated rings. The van der Waals surface area contributed by atoms with Gasteiger partial charge in [-0.1, -0.05) is 0 Å². The van der Waals surface area contributed by atoms with Crippen molar-refractivity contribution in [3.8, 4) is 0 Å². The molecule has 98 valence electrons. The molecule has 1 aliphatic rings. The van der Waals surface area contributed by atoms with Crippen molar-refractivity contribution in [1.82, 2.24) is 9.97 Å². The molecule has 1 unspecified atom stereocenters. The Balaban J connectivity index is 2.27. The topological polar surface area (TPSA) is 95.5 Å². The van der Waals surface area contributed by atoms with Gasteiger partial charge in [0.1, 0.15) is 11.6 Å². The van der Waals surface area contributed by atoms with E-state index in [0.717, 1.165) is 0 Å². The molecule has 0 radical (unpaired) electrons. The maximum absolute atomic E-state index is 11.4. The van der Waals surface area contributed by atoms with Crippen molar-refractivity contribution < 1.29 is 14.6 Å². The number of aromatic amines is 1. The molecule has 0 aromatic carbocycles. The number of morpholine rings is 1. The van der Waals surface area contributed by atoms with Gasteiger partial charge in [0.25, 0.3) is 5.56 Å². The zero-order valence-electron chi connectivity index (χ0n) is 10.0. The van der Waals surface area contributed by atoms with Crippen LogP contribution in [0.3, 0.4) is 0 Å². The fourth-order valence-corrected chi connectivity index (χ4v) is 2.04. The predicted molar refractivity (Wildman–Crippen MR) is 63.8 cm³/mol. The van der Waals surface area contributed by atoms with Crippen molar-refractivity contribution >= 4 is 11.8 Å². The van der Waals surface area contributed by atoms with E-state index >= 15 is 0 Å². The van der Waals surface area contributed by atoms with Crippen LogP contribution in [0.4, 0.5) is 5.82 Å². The number of H-pyrrole nitrogens is 1. The molecule has 1 aromatic heterocycles. The molecule has 1 aliphatic heterocycles. The first-order valence-corrected chi connectivity index (χ1v) is 5.70. The van der Waals surface area contributed by atoms with Crippen LogP contribution in [0.15, 0.2) is 10.9 Å². The summed E-state index contributed by atoms with van der Waals surface area (Å²) in [5.74, 6) is 0.126. The highest BCUT2D eigenvalue weighted by atomic mass is 16.5. The van der Waals surface area contributed by atoms with Crippen LogP contribution < -0.4 is 10.5 Å². The quantitative estimate of drug-likeness (QED) is 0.771. The van der Waals surface area contributed by atoms with Gasteiger partial charge in [0.15, 0.2) is 0 Å². The predicted octanol–water partition coefficient (Wildman–Crippen LogP) is -0.242. The Labute approximate surface area is 103 Å². The van der Waals surface area contributed by atoms with Crippen LogP contribution in [0.25, 0.3) is 0 Å². The molecule has 1 aromatic rings. The van der Waals surface area contributed by atoms with Gasteiger partial charge >= 0.3 is 5.97 Å². The minimum Gasteiger partial charge on any atom is -0.481 e. The maximum atomic E-state index is 11.4. The zero-order valence-corrected chi connectivity index (χ0v) is 10.0. The lowest BCUT2D eigenvalue weighted by Gasteiger charge is -2.35. The fourth-order valence-electron chi connectivity index (χ4n) is 2.04. The number of rotatable bonds is 3. The molecule has 2 rings (SSSR count).